The second-order valence-corrected chi connectivity index (χ2v) is 6.99. The molecule has 3 aromatic rings. The highest BCUT2D eigenvalue weighted by Crippen LogP contribution is 2.18. The number of benzene rings is 3. The van der Waals surface area contributed by atoms with Crippen molar-refractivity contribution < 1.29 is 19.4 Å². The molecule has 0 fully saturated rings. The van der Waals surface area contributed by atoms with Crippen molar-refractivity contribution in [3.8, 4) is 0 Å². The van der Waals surface area contributed by atoms with Crippen LogP contribution in [0.5, 0.6) is 0 Å². The van der Waals surface area contributed by atoms with Crippen LogP contribution >= 0.6 is 0 Å². The molecule has 0 spiro atoms. The molecule has 2 amide bonds. The minimum atomic E-state index is -0.678. The molecule has 10 nitrogen and oxygen atoms in total. The molecule has 0 saturated carbocycles. The second-order valence-electron chi connectivity index (χ2n) is 6.99. The number of nitro groups is 2. The predicted octanol–water partition coefficient (Wildman–Crippen LogP) is 4.22. The van der Waals surface area contributed by atoms with E-state index in [-0.39, 0.29) is 22.8 Å². The molecule has 166 valence electrons. The summed E-state index contributed by atoms with van der Waals surface area (Å²) in [5.74, 6) is -1.20. The Balaban J connectivity index is 1.89. The zero-order valence-electron chi connectivity index (χ0n) is 17.3. The summed E-state index contributed by atoms with van der Waals surface area (Å²) in [6.45, 7) is 1.83. The number of rotatable bonds is 7. The monoisotopic (exact) mass is 446 g/mol. The van der Waals surface area contributed by atoms with Gasteiger partial charge < -0.3 is 10.6 Å². The summed E-state index contributed by atoms with van der Waals surface area (Å²) in [6, 6.07) is 17.4. The number of non-ortho nitro benzene ring substituents is 2. The first-order valence-electron chi connectivity index (χ1n) is 9.63. The normalized spacial score (nSPS) is 10.9. The lowest BCUT2D eigenvalue weighted by atomic mass is 10.1. The standard InChI is InChI=1S/C23H18N4O6/c1-15-3-2-4-17(13-15)22(28)25-21(14-16-5-9-19(10-6-16)26(30)31)23(29)24-18-7-11-20(12-8-18)27(32)33/h2-14H,1H3,(H,24,29)(H,25,28)/b21-14-. The fourth-order valence-electron chi connectivity index (χ4n) is 2.86. The van der Waals surface area contributed by atoms with Crippen LogP contribution in [0.2, 0.25) is 0 Å². The Kier molecular flexibility index (Phi) is 6.89. The Morgan fingerprint density at radius 2 is 1.42 bits per heavy atom. The fourth-order valence-corrected chi connectivity index (χ4v) is 2.86. The molecular formula is C23H18N4O6. The van der Waals surface area contributed by atoms with Crippen LogP contribution in [0, 0.1) is 27.2 Å². The third kappa shape index (κ3) is 6.07. The van der Waals surface area contributed by atoms with Gasteiger partial charge in [0.15, 0.2) is 0 Å². The predicted molar refractivity (Wildman–Crippen MR) is 121 cm³/mol. The summed E-state index contributed by atoms with van der Waals surface area (Å²) in [6.07, 6.45) is 1.37. The molecule has 0 heterocycles. The highest BCUT2D eigenvalue weighted by Gasteiger charge is 2.16. The van der Waals surface area contributed by atoms with Crippen LogP contribution in [-0.4, -0.2) is 21.7 Å². The number of nitrogens with one attached hydrogen (secondary N) is 2. The quantitative estimate of drug-likeness (QED) is 0.316. The Labute approximate surface area is 187 Å². The number of amides is 2. The first-order valence-corrected chi connectivity index (χ1v) is 9.63. The number of nitrogens with zero attached hydrogens (tertiary/aromatic N) is 2. The Hall–Kier alpha value is -4.86. The van der Waals surface area contributed by atoms with Crippen molar-refractivity contribution in [1.82, 2.24) is 5.32 Å². The Morgan fingerprint density at radius 1 is 0.848 bits per heavy atom. The van der Waals surface area contributed by atoms with Crippen molar-refractivity contribution >= 4 is 35.0 Å². The highest BCUT2D eigenvalue weighted by atomic mass is 16.6. The van der Waals surface area contributed by atoms with E-state index in [1.54, 1.807) is 18.2 Å². The first kappa shape index (κ1) is 22.8. The summed E-state index contributed by atoms with van der Waals surface area (Å²) in [4.78, 5) is 46.2. The van der Waals surface area contributed by atoms with Gasteiger partial charge >= 0.3 is 0 Å². The number of aryl methyl sites for hydroxylation is 1. The minimum Gasteiger partial charge on any atom is -0.321 e. The maximum absolute atomic E-state index is 12.9. The van der Waals surface area contributed by atoms with E-state index in [0.29, 0.717) is 11.1 Å². The van der Waals surface area contributed by atoms with Crippen molar-refractivity contribution in [3.63, 3.8) is 0 Å². The van der Waals surface area contributed by atoms with E-state index < -0.39 is 21.7 Å². The fraction of sp³-hybridized carbons (Fsp3) is 0.0435. The van der Waals surface area contributed by atoms with Crippen molar-refractivity contribution in [2.45, 2.75) is 6.92 Å². The zero-order chi connectivity index (χ0) is 24.0. The molecule has 3 rings (SSSR count). The van der Waals surface area contributed by atoms with Crippen LogP contribution < -0.4 is 10.6 Å². The van der Waals surface area contributed by atoms with Gasteiger partial charge in [-0.2, -0.15) is 0 Å². The summed E-state index contributed by atoms with van der Waals surface area (Å²) in [7, 11) is 0. The van der Waals surface area contributed by atoms with Gasteiger partial charge in [0.1, 0.15) is 5.70 Å². The van der Waals surface area contributed by atoms with Gasteiger partial charge in [0.05, 0.1) is 9.85 Å². The summed E-state index contributed by atoms with van der Waals surface area (Å²) in [5, 5.41) is 26.8. The van der Waals surface area contributed by atoms with Crippen LogP contribution in [0.4, 0.5) is 17.1 Å². The van der Waals surface area contributed by atoms with E-state index in [2.05, 4.69) is 10.6 Å². The van der Waals surface area contributed by atoms with Crippen LogP contribution in [-0.2, 0) is 4.79 Å². The second kappa shape index (κ2) is 9.96. The number of nitro benzene ring substituents is 2. The van der Waals surface area contributed by atoms with E-state index in [9.17, 15) is 29.8 Å². The molecule has 0 aromatic heterocycles. The van der Waals surface area contributed by atoms with E-state index in [0.717, 1.165) is 5.56 Å². The number of carbonyl (C=O) groups is 2. The van der Waals surface area contributed by atoms with Crippen molar-refractivity contribution in [2.75, 3.05) is 5.32 Å². The summed E-state index contributed by atoms with van der Waals surface area (Å²) < 4.78 is 0. The number of carbonyl (C=O) groups excluding carboxylic acids is 2. The summed E-state index contributed by atoms with van der Waals surface area (Å²) >= 11 is 0. The maximum atomic E-state index is 12.9. The topological polar surface area (TPSA) is 144 Å². The molecule has 0 saturated heterocycles. The molecule has 3 aromatic carbocycles. The molecule has 0 aliphatic carbocycles. The van der Waals surface area contributed by atoms with Crippen molar-refractivity contribution in [3.05, 3.63) is 115 Å². The molecule has 2 N–H and O–H groups in total. The van der Waals surface area contributed by atoms with Gasteiger partial charge in [-0.3, -0.25) is 29.8 Å². The smallest absolute Gasteiger partial charge is 0.272 e. The van der Waals surface area contributed by atoms with Crippen LogP contribution in [0.15, 0.2) is 78.5 Å². The third-order valence-electron chi connectivity index (χ3n) is 4.52. The van der Waals surface area contributed by atoms with Gasteiger partial charge in [-0.1, -0.05) is 17.7 Å². The van der Waals surface area contributed by atoms with Gasteiger partial charge in [-0.15, -0.1) is 0 Å². The number of hydrogen-bond donors (Lipinski definition) is 2. The number of hydrogen-bond acceptors (Lipinski definition) is 6. The largest absolute Gasteiger partial charge is 0.321 e. The van der Waals surface area contributed by atoms with Gasteiger partial charge in [-0.05, 0) is 55.0 Å². The number of anilines is 1. The molecular weight excluding hydrogens is 428 g/mol. The highest BCUT2D eigenvalue weighted by molar-refractivity contribution is 6.10. The molecule has 0 bridgehead atoms. The molecule has 33 heavy (non-hydrogen) atoms. The minimum absolute atomic E-state index is 0.117. The van der Waals surface area contributed by atoms with Crippen LogP contribution in [0.25, 0.3) is 6.08 Å². The lowest BCUT2D eigenvalue weighted by Crippen LogP contribution is -2.30. The lowest BCUT2D eigenvalue weighted by Gasteiger charge is -2.12. The maximum Gasteiger partial charge on any atom is 0.272 e. The van der Waals surface area contributed by atoms with E-state index in [1.807, 2.05) is 13.0 Å². The Morgan fingerprint density at radius 3 is 1.97 bits per heavy atom. The van der Waals surface area contributed by atoms with E-state index in [4.69, 9.17) is 0 Å². The molecule has 10 heteroatoms. The average molecular weight is 446 g/mol. The molecule has 0 aliphatic rings. The van der Waals surface area contributed by atoms with E-state index in [1.165, 1.54) is 54.6 Å². The summed E-state index contributed by atoms with van der Waals surface area (Å²) in [5.41, 5.74) is 1.56. The Bertz CT molecular complexity index is 1250. The molecule has 0 radical (unpaired) electrons. The van der Waals surface area contributed by atoms with Crippen molar-refractivity contribution in [2.24, 2.45) is 0 Å². The molecule has 0 atom stereocenters. The lowest BCUT2D eigenvalue weighted by molar-refractivity contribution is -0.385. The van der Waals surface area contributed by atoms with Gasteiger partial charge in [0.2, 0.25) is 0 Å². The molecule has 0 aliphatic heterocycles. The third-order valence-corrected chi connectivity index (χ3v) is 4.52. The molecule has 0 unspecified atom stereocenters. The van der Waals surface area contributed by atoms with Gasteiger partial charge in [-0.25, -0.2) is 0 Å². The average Bonchev–Trinajstić information content (AvgIpc) is 2.79. The van der Waals surface area contributed by atoms with Crippen LogP contribution in [0.3, 0.4) is 0 Å². The van der Waals surface area contributed by atoms with Crippen LogP contribution in [0.1, 0.15) is 21.5 Å². The first-order chi connectivity index (χ1) is 15.7. The van der Waals surface area contributed by atoms with E-state index >= 15 is 0 Å². The zero-order valence-corrected chi connectivity index (χ0v) is 17.3. The van der Waals surface area contributed by atoms with Gasteiger partial charge in [0, 0.05) is 35.5 Å². The van der Waals surface area contributed by atoms with Crippen molar-refractivity contribution in [1.29, 1.82) is 0 Å². The van der Waals surface area contributed by atoms with Gasteiger partial charge in [0.25, 0.3) is 23.2 Å². The SMILES string of the molecule is Cc1cccc(C(=O)N/C(=C\c2ccc([N+](=O)[O-])cc2)C(=O)Nc2ccc([N+](=O)[O-])cc2)c1.